The number of aromatic nitrogens is 1. The topological polar surface area (TPSA) is 24.9 Å². The molecule has 2 aromatic rings. The van der Waals surface area contributed by atoms with Crippen LogP contribution in [-0.2, 0) is 18.5 Å². The molecule has 4 heteroatoms. The predicted molar refractivity (Wildman–Crippen MR) is 87.2 cm³/mol. The summed E-state index contributed by atoms with van der Waals surface area (Å²) < 4.78 is 13.6. The number of hydrogen-bond acceptors (Lipinski definition) is 3. The zero-order valence-electron chi connectivity index (χ0n) is 13.4. The summed E-state index contributed by atoms with van der Waals surface area (Å²) in [7, 11) is 0. The van der Waals surface area contributed by atoms with Gasteiger partial charge in [0.2, 0.25) is 0 Å². The first-order chi connectivity index (χ1) is 9.77. The highest BCUT2D eigenvalue weighted by atomic mass is 32.1. The van der Waals surface area contributed by atoms with E-state index in [0.717, 1.165) is 29.4 Å². The van der Waals surface area contributed by atoms with Gasteiger partial charge in [0.15, 0.2) is 0 Å². The molecule has 1 heterocycles. The molecule has 0 saturated heterocycles. The third-order valence-electron chi connectivity index (χ3n) is 3.42. The second-order valence-corrected chi connectivity index (χ2v) is 7.47. The molecule has 0 unspecified atom stereocenters. The van der Waals surface area contributed by atoms with Gasteiger partial charge in [0.05, 0.1) is 5.69 Å². The molecule has 0 saturated carbocycles. The van der Waals surface area contributed by atoms with Gasteiger partial charge in [-0.3, -0.25) is 0 Å². The van der Waals surface area contributed by atoms with Crippen LogP contribution in [0.3, 0.4) is 0 Å². The molecule has 0 amide bonds. The second kappa shape index (κ2) is 6.24. The highest BCUT2D eigenvalue weighted by molar-refractivity contribution is 7.09. The molecule has 1 N–H and O–H groups in total. The molecule has 114 valence electrons. The fourth-order valence-electron chi connectivity index (χ4n) is 2.19. The number of nitrogens with zero attached hydrogens (tertiary/aromatic N) is 1. The van der Waals surface area contributed by atoms with Crippen molar-refractivity contribution in [1.29, 1.82) is 0 Å². The van der Waals surface area contributed by atoms with Crippen LogP contribution in [0.1, 0.15) is 48.2 Å². The monoisotopic (exact) mass is 306 g/mol. The van der Waals surface area contributed by atoms with Gasteiger partial charge in [-0.05, 0) is 30.5 Å². The summed E-state index contributed by atoms with van der Waals surface area (Å²) in [4.78, 5) is 4.66. The minimum atomic E-state index is -0.103. The van der Waals surface area contributed by atoms with Crippen molar-refractivity contribution in [1.82, 2.24) is 10.3 Å². The smallest absolute Gasteiger partial charge is 0.129 e. The highest BCUT2D eigenvalue weighted by Crippen LogP contribution is 2.23. The lowest BCUT2D eigenvalue weighted by Gasteiger charge is -2.14. The number of nitrogens with one attached hydrogen (secondary N) is 1. The summed E-state index contributed by atoms with van der Waals surface area (Å²) in [6, 6.07) is 3.80. The van der Waals surface area contributed by atoms with Gasteiger partial charge in [0, 0.05) is 23.9 Å². The normalized spacial score (nSPS) is 11.9. The van der Waals surface area contributed by atoms with E-state index in [1.54, 1.807) is 11.3 Å². The van der Waals surface area contributed by atoms with Crippen molar-refractivity contribution >= 4 is 11.3 Å². The molecule has 0 fully saturated rings. The number of benzene rings is 1. The van der Waals surface area contributed by atoms with Crippen LogP contribution in [0.25, 0.3) is 0 Å². The maximum Gasteiger partial charge on any atom is 0.129 e. The molecule has 0 spiro atoms. The predicted octanol–water partition coefficient (Wildman–Crippen LogP) is 4.49. The van der Waals surface area contributed by atoms with E-state index in [9.17, 15) is 4.39 Å². The third-order valence-corrected chi connectivity index (χ3v) is 4.27. The van der Waals surface area contributed by atoms with Crippen molar-refractivity contribution in [3.05, 3.63) is 50.7 Å². The fourth-order valence-corrected chi connectivity index (χ4v) is 3.18. The molecular formula is C17H23FN2S. The van der Waals surface area contributed by atoms with E-state index in [1.165, 1.54) is 0 Å². The van der Waals surface area contributed by atoms with Crippen molar-refractivity contribution in [2.45, 2.75) is 53.1 Å². The summed E-state index contributed by atoms with van der Waals surface area (Å²) in [5.74, 6) is -0.103. The number of aryl methyl sites for hydroxylation is 2. The Labute approximate surface area is 130 Å². The molecule has 0 atom stereocenters. The van der Waals surface area contributed by atoms with E-state index in [1.807, 2.05) is 26.0 Å². The van der Waals surface area contributed by atoms with E-state index in [2.05, 4.69) is 36.5 Å². The van der Waals surface area contributed by atoms with Gasteiger partial charge in [-0.25, -0.2) is 9.37 Å². The first-order valence-corrected chi connectivity index (χ1v) is 8.06. The molecule has 0 aliphatic rings. The average molecular weight is 306 g/mol. The largest absolute Gasteiger partial charge is 0.306 e. The average Bonchev–Trinajstić information content (AvgIpc) is 2.84. The maximum atomic E-state index is 13.6. The lowest BCUT2D eigenvalue weighted by atomic mass is 9.93. The molecule has 1 aromatic carbocycles. The van der Waals surface area contributed by atoms with Crippen LogP contribution in [0, 0.1) is 19.7 Å². The van der Waals surface area contributed by atoms with Crippen molar-refractivity contribution in [2.75, 3.05) is 0 Å². The fraction of sp³-hybridized carbons (Fsp3) is 0.471. The summed E-state index contributed by atoms with van der Waals surface area (Å²) in [6.45, 7) is 11.6. The summed E-state index contributed by atoms with van der Waals surface area (Å²) in [5.41, 5.74) is 3.75. The van der Waals surface area contributed by atoms with E-state index >= 15 is 0 Å². The zero-order chi connectivity index (χ0) is 15.6. The van der Waals surface area contributed by atoms with Crippen molar-refractivity contribution in [3.8, 4) is 0 Å². The molecule has 1 aromatic heterocycles. The summed E-state index contributed by atoms with van der Waals surface area (Å²) in [5, 5.41) is 6.60. The molecule has 21 heavy (non-hydrogen) atoms. The first-order valence-electron chi connectivity index (χ1n) is 7.18. The third kappa shape index (κ3) is 4.11. The van der Waals surface area contributed by atoms with Gasteiger partial charge in [-0.1, -0.05) is 32.9 Å². The highest BCUT2D eigenvalue weighted by Gasteiger charge is 2.17. The Kier molecular flexibility index (Phi) is 4.79. The first kappa shape index (κ1) is 16.1. The van der Waals surface area contributed by atoms with E-state index < -0.39 is 0 Å². The zero-order valence-corrected chi connectivity index (χ0v) is 14.2. The lowest BCUT2D eigenvalue weighted by Crippen LogP contribution is -2.15. The van der Waals surface area contributed by atoms with Crippen LogP contribution in [0.4, 0.5) is 4.39 Å². The van der Waals surface area contributed by atoms with Crippen LogP contribution in [-0.4, -0.2) is 4.98 Å². The van der Waals surface area contributed by atoms with Gasteiger partial charge in [0.25, 0.3) is 0 Å². The van der Waals surface area contributed by atoms with Gasteiger partial charge >= 0.3 is 0 Å². The number of rotatable bonds is 4. The molecule has 2 nitrogen and oxygen atoms in total. The van der Waals surface area contributed by atoms with Crippen molar-refractivity contribution < 1.29 is 4.39 Å². The van der Waals surface area contributed by atoms with Gasteiger partial charge < -0.3 is 5.32 Å². The van der Waals surface area contributed by atoms with Crippen LogP contribution in [0.15, 0.2) is 17.5 Å². The Balaban J connectivity index is 1.94. The molecule has 0 aliphatic carbocycles. The number of halogens is 1. The Morgan fingerprint density at radius 3 is 2.29 bits per heavy atom. The van der Waals surface area contributed by atoms with Gasteiger partial charge in [-0.2, -0.15) is 0 Å². The Morgan fingerprint density at radius 2 is 1.76 bits per heavy atom. The minimum Gasteiger partial charge on any atom is -0.306 e. The SMILES string of the molecule is Cc1cc(CNCc2nc(C(C)(C)C)cs2)cc(C)c1F. The molecule has 0 radical (unpaired) electrons. The Morgan fingerprint density at radius 1 is 1.14 bits per heavy atom. The van der Waals surface area contributed by atoms with Crippen LogP contribution in [0.5, 0.6) is 0 Å². The van der Waals surface area contributed by atoms with Gasteiger partial charge in [-0.15, -0.1) is 11.3 Å². The second-order valence-electron chi connectivity index (χ2n) is 6.52. The minimum absolute atomic E-state index is 0.0972. The van der Waals surface area contributed by atoms with Gasteiger partial charge in [0.1, 0.15) is 10.8 Å². The Hall–Kier alpha value is -1.26. The van der Waals surface area contributed by atoms with Crippen LogP contribution < -0.4 is 5.32 Å². The molecular weight excluding hydrogens is 283 g/mol. The maximum absolute atomic E-state index is 13.6. The summed E-state index contributed by atoms with van der Waals surface area (Å²) >= 11 is 1.69. The van der Waals surface area contributed by atoms with E-state index in [-0.39, 0.29) is 11.2 Å². The van der Waals surface area contributed by atoms with Crippen LogP contribution in [0.2, 0.25) is 0 Å². The number of thiazole rings is 1. The molecule has 0 aliphatic heterocycles. The Bertz CT molecular complexity index is 603. The molecule has 2 rings (SSSR count). The van der Waals surface area contributed by atoms with Crippen LogP contribution >= 0.6 is 11.3 Å². The lowest BCUT2D eigenvalue weighted by molar-refractivity contribution is 0.568. The quantitative estimate of drug-likeness (QED) is 0.900. The van der Waals surface area contributed by atoms with E-state index in [0.29, 0.717) is 11.1 Å². The van der Waals surface area contributed by atoms with E-state index in [4.69, 9.17) is 0 Å². The van der Waals surface area contributed by atoms with Crippen molar-refractivity contribution in [3.63, 3.8) is 0 Å². The van der Waals surface area contributed by atoms with Crippen molar-refractivity contribution in [2.24, 2.45) is 0 Å². The summed E-state index contributed by atoms with van der Waals surface area (Å²) in [6.07, 6.45) is 0. The molecule has 0 bridgehead atoms. The standard InChI is InChI=1S/C17H23FN2S/c1-11-6-13(7-12(2)16(11)18)8-19-9-15-20-14(10-21-15)17(3,4)5/h6-7,10,19H,8-9H2,1-5H3. The number of hydrogen-bond donors (Lipinski definition) is 1.